The molecule has 25 heavy (non-hydrogen) atoms. The number of nitrogens with two attached hydrogens (primary N) is 1. The fourth-order valence-corrected chi connectivity index (χ4v) is 3.20. The highest BCUT2D eigenvalue weighted by Crippen LogP contribution is 2.34. The third-order valence-electron chi connectivity index (χ3n) is 3.48. The summed E-state index contributed by atoms with van der Waals surface area (Å²) in [5, 5.41) is 9.25. The van der Waals surface area contributed by atoms with Gasteiger partial charge in [-0.1, -0.05) is 11.8 Å². The lowest BCUT2D eigenvalue weighted by Crippen LogP contribution is -2.16. The number of nitrogens with zero attached hydrogens (tertiary/aromatic N) is 7. The van der Waals surface area contributed by atoms with Crippen LogP contribution in [0.1, 0.15) is 24.9 Å². The van der Waals surface area contributed by atoms with Crippen LogP contribution in [0.2, 0.25) is 0 Å². The molecule has 3 aromatic rings. The summed E-state index contributed by atoms with van der Waals surface area (Å²) in [7, 11) is 3.72. The fraction of sp³-hybridized carbons (Fsp3) is 0.400. The molecular weight excluding hydrogens is 340 g/mol. The number of rotatable bonds is 6. The van der Waals surface area contributed by atoms with Gasteiger partial charge in [-0.25, -0.2) is 0 Å². The van der Waals surface area contributed by atoms with Crippen LogP contribution in [0.3, 0.4) is 0 Å². The Kier molecular flexibility index (Phi) is 4.88. The first-order valence-corrected chi connectivity index (χ1v) is 8.70. The Morgan fingerprint density at radius 1 is 1.28 bits per heavy atom. The predicted molar refractivity (Wildman–Crippen MR) is 96.2 cm³/mol. The zero-order chi connectivity index (χ0) is 18.0. The minimum absolute atomic E-state index is 0.0667. The van der Waals surface area contributed by atoms with Gasteiger partial charge in [-0.15, -0.1) is 10.2 Å². The Morgan fingerprint density at radius 2 is 2.08 bits per heavy atom. The first kappa shape index (κ1) is 17.2. The summed E-state index contributed by atoms with van der Waals surface area (Å²) >= 11 is 1.52. The van der Waals surface area contributed by atoms with Crippen molar-refractivity contribution in [3.05, 3.63) is 24.2 Å². The van der Waals surface area contributed by atoms with Crippen molar-refractivity contribution >= 4 is 23.7 Å². The summed E-state index contributed by atoms with van der Waals surface area (Å²) < 4.78 is 7.43. The molecule has 0 bridgehead atoms. The summed E-state index contributed by atoms with van der Waals surface area (Å²) in [5.41, 5.74) is 5.81. The second-order valence-corrected chi connectivity index (χ2v) is 6.84. The van der Waals surface area contributed by atoms with Crippen LogP contribution in [-0.2, 0) is 6.54 Å². The quantitative estimate of drug-likeness (QED) is 0.661. The lowest BCUT2D eigenvalue weighted by atomic mass is 10.4. The van der Waals surface area contributed by atoms with Gasteiger partial charge in [0, 0.05) is 20.6 Å². The van der Waals surface area contributed by atoms with Gasteiger partial charge in [0.05, 0.1) is 11.5 Å². The first-order chi connectivity index (χ1) is 12.0. The maximum Gasteiger partial charge on any atom is 0.229 e. The van der Waals surface area contributed by atoms with Crippen molar-refractivity contribution in [1.29, 1.82) is 0 Å². The van der Waals surface area contributed by atoms with Crippen LogP contribution in [0, 0.1) is 0 Å². The number of hydrogen-bond acceptors (Lipinski definition) is 9. The monoisotopic (exact) mass is 360 g/mol. The molecule has 0 spiro atoms. The van der Waals surface area contributed by atoms with Gasteiger partial charge >= 0.3 is 0 Å². The zero-order valence-corrected chi connectivity index (χ0v) is 15.4. The molecule has 0 saturated heterocycles. The number of nitrogen functional groups attached to an aromatic ring is 1. The Hall–Kier alpha value is -2.62. The molecule has 0 radical (unpaired) electrons. The SMILES string of the molecule is CCn1c(S[C@@H](C)c2nc(N)nc(N(C)C)n2)nnc1-c1ccco1. The number of aromatic nitrogens is 6. The molecule has 0 saturated carbocycles. The molecule has 0 amide bonds. The molecule has 9 nitrogen and oxygen atoms in total. The van der Waals surface area contributed by atoms with Crippen molar-refractivity contribution in [2.24, 2.45) is 0 Å². The van der Waals surface area contributed by atoms with Gasteiger partial charge in [0.1, 0.15) is 5.82 Å². The average Bonchev–Trinajstić information content (AvgIpc) is 3.23. The molecule has 2 N–H and O–H groups in total. The lowest BCUT2D eigenvalue weighted by Gasteiger charge is -2.14. The van der Waals surface area contributed by atoms with E-state index in [1.54, 1.807) is 11.2 Å². The molecule has 1 atom stereocenters. The van der Waals surface area contributed by atoms with Crippen LogP contribution in [0.25, 0.3) is 11.6 Å². The van der Waals surface area contributed by atoms with Crippen molar-refractivity contribution in [3.63, 3.8) is 0 Å². The third kappa shape index (κ3) is 3.58. The van der Waals surface area contributed by atoms with E-state index in [-0.39, 0.29) is 11.2 Å². The smallest absolute Gasteiger partial charge is 0.229 e. The zero-order valence-electron chi connectivity index (χ0n) is 14.5. The maximum absolute atomic E-state index is 5.81. The van der Waals surface area contributed by atoms with Crippen LogP contribution < -0.4 is 10.6 Å². The molecule has 3 aromatic heterocycles. The summed E-state index contributed by atoms with van der Waals surface area (Å²) in [6.07, 6.45) is 1.62. The van der Waals surface area contributed by atoms with E-state index in [4.69, 9.17) is 10.2 Å². The summed E-state index contributed by atoms with van der Waals surface area (Å²) in [6, 6.07) is 3.69. The Morgan fingerprint density at radius 3 is 2.72 bits per heavy atom. The van der Waals surface area contributed by atoms with E-state index in [1.165, 1.54) is 11.8 Å². The van der Waals surface area contributed by atoms with Crippen molar-refractivity contribution in [2.45, 2.75) is 30.8 Å². The van der Waals surface area contributed by atoms with Gasteiger partial charge in [-0.2, -0.15) is 15.0 Å². The van der Waals surface area contributed by atoms with Gasteiger partial charge in [0.2, 0.25) is 11.9 Å². The number of hydrogen-bond donors (Lipinski definition) is 1. The largest absolute Gasteiger partial charge is 0.461 e. The van der Waals surface area contributed by atoms with E-state index < -0.39 is 0 Å². The molecule has 3 heterocycles. The van der Waals surface area contributed by atoms with Gasteiger partial charge in [0.25, 0.3) is 0 Å². The minimum atomic E-state index is -0.0667. The van der Waals surface area contributed by atoms with E-state index in [1.807, 2.05) is 44.6 Å². The van der Waals surface area contributed by atoms with Crippen molar-refractivity contribution in [3.8, 4) is 11.6 Å². The van der Waals surface area contributed by atoms with E-state index in [0.717, 1.165) is 11.7 Å². The molecule has 132 valence electrons. The summed E-state index contributed by atoms with van der Waals surface area (Å²) in [6.45, 7) is 4.76. The van der Waals surface area contributed by atoms with E-state index in [0.29, 0.717) is 23.4 Å². The molecule has 0 aliphatic carbocycles. The van der Waals surface area contributed by atoms with Crippen LogP contribution in [-0.4, -0.2) is 43.8 Å². The fourth-order valence-electron chi connectivity index (χ4n) is 2.24. The Bertz CT molecular complexity index is 845. The predicted octanol–water partition coefficient (Wildman–Crippen LogP) is 2.24. The maximum atomic E-state index is 5.81. The van der Waals surface area contributed by atoms with Gasteiger partial charge < -0.3 is 15.1 Å². The standard InChI is InChI=1S/C15H20N8OS/c1-5-23-12(10-7-6-8-24-10)20-21-15(23)25-9(2)11-17-13(16)19-14(18-11)22(3)4/h6-9H,5H2,1-4H3,(H2,16,17,18,19)/t9-/m0/s1. The topological polar surface area (TPSA) is 112 Å². The highest BCUT2D eigenvalue weighted by molar-refractivity contribution is 7.99. The highest BCUT2D eigenvalue weighted by Gasteiger charge is 2.20. The van der Waals surface area contributed by atoms with Gasteiger partial charge in [0.15, 0.2) is 16.7 Å². The molecule has 0 aromatic carbocycles. The number of thioether (sulfide) groups is 1. The van der Waals surface area contributed by atoms with Crippen LogP contribution in [0.15, 0.2) is 28.0 Å². The van der Waals surface area contributed by atoms with Gasteiger partial charge in [-0.05, 0) is 26.0 Å². The molecule has 10 heteroatoms. The molecule has 0 aliphatic rings. The van der Waals surface area contributed by atoms with Crippen molar-refractivity contribution in [1.82, 2.24) is 29.7 Å². The van der Waals surface area contributed by atoms with Crippen molar-refractivity contribution < 1.29 is 4.42 Å². The van der Waals surface area contributed by atoms with E-state index in [9.17, 15) is 0 Å². The lowest BCUT2D eigenvalue weighted by molar-refractivity contribution is 0.567. The van der Waals surface area contributed by atoms with E-state index in [2.05, 4.69) is 25.1 Å². The summed E-state index contributed by atoms with van der Waals surface area (Å²) in [4.78, 5) is 14.6. The molecule has 0 fully saturated rings. The summed E-state index contributed by atoms with van der Waals surface area (Å²) in [5.74, 6) is 2.73. The Labute approximate surface area is 149 Å². The number of furan rings is 1. The third-order valence-corrected chi connectivity index (χ3v) is 4.56. The molecular formula is C15H20N8OS. The molecule has 3 rings (SSSR count). The van der Waals surface area contributed by atoms with Crippen LogP contribution in [0.4, 0.5) is 11.9 Å². The molecule has 0 aliphatic heterocycles. The normalized spacial score (nSPS) is 12.3. The van der Waals surface area contributed by atoms with Crippen LogP contribution >= 0.6 is 11.8 Å². The number of anilines is 2. The minimum Gasteiger partial charge on any atom is -0.461 e. The van der Waals surface area contributed by atoms with Crippen molar-refractivity contribution in [2.75, 3.05) is 24.7 Å². The first-order valence-electron chi connectivity index (χ1n) is 7.82. The van der Waals surface area contributed by atoms with E-state index >= 15 is 0 Å². The average molecular weight is 360 g/mol. The van der Waals surface area contributed by atoms with Gasteiger partial charge in [-0.3, -0.25) is 4.57 Å². The molecule has 0 unspecified atom stereocenters. The second-order valence-electron chi connectivity index (χ2n) is 5.53. The highest BCUT2D eigenvalue weighted by atomic mass is 32.2. The second kappa shape index (κ2) is 7.09. The van der Waals surface area contributed by atoms with Crippen LogP contribution in [0.5, 0.6) is 0 Å². The Balaban J connectivity index is 1.88.